The second-order valence-electron chi connectivity index (χ2n) is 6.87. The number of hydrogen-bond donors (Lipinski definition) is 0. The number of carbonyl (C=O) groups excluding carboxylic acids is 2. The highest BCUT2D eigenvalue weighted by Crippen LogP contribution is 2.24. The topological polar surface area (TPSA) is 90.0 Å². The van der Waals surface area contributed by atoms with Crippen LogP contribution in [0.2, 0.25) is 0 Å². The average molecular weight is 417 g/mol. The Labute approximate surface area is 170 Å². The fourth-order valence-electron chi connectivity index (χ4n) is 3.23. The van der Waals surface area contributed by atoms with Crippen molar-refractivity contribution in [1.29, 1.82) is 0 Å². The molecule has 1 heterocycles. The van der Waals surface area contributed by atoms with Crippen LogP contribution in [0, 0.1) is 6.92 Å². The molecule has 1 aliphatic rings. The van der Waals surface area contributed by atoms with E-state index in [4.69, 9.17) is 9.47 Å². The van der Waals surface area contributed by atoms with E-state index in [9.17, 15) is 18.0 Å². The van der Waals surface area contributed by atoms with Crippen LogP contribution in [0.25, 0.3) is 0 Å². The second kappa shape index (κ2) is 9.09. The minimum atomic E-state index is -3.18. The smallest absolute Gasteiger partial charge is 0.344 e. The van der Waals surface area contributed by atoms with E-state index in [1.165, 1.54) is 4.90 Å². The first-order valence-electron chi connectivity index (χ1n) is 9.27. The van der Waals surface area contributed by atoms with Crippen molar-refractivity contribution in [2.75, 3.05) is 29.6 Å². The molecule has 8 heteroatoms. The van der Waals surface area contributed by atoms with Crippen molar-refractivity contribution in [2.24, 2.45) is 0 Å². The lowest BCUT2D eigenvalue weighted by atomic mass is 10.2. The Morgan fingerprint density at radius 1 is 1.03 bits per heavy atom. The molecule has 0 unspecified atom stereocenters. The SMILES string of the molecule is Cc1ccccc1OCC(=O)OCC(=O)N(c1ccccc1)[C@H]1CCS(=O)(=O)C1. The van der Waals surface area contributed by atoms with Gasteiger partial charge in [0.05, 0.1) is 17.5 Å². The molecule has 0 bridgehead atoms. The summed E-state index contributed by atoms with van der Waals surface area (Å²) < 4.78 is 34.2. The van der Waals surface area contributed by atoms with Crippen molar-refractivity contribution < 1.29 is 27.5 Å². The predicted octanol–water partition coefficient (Wildman–Crippen LogP) is 2.14. The maximum absolute atomic E-state index is 12.8. The molecule has 0 aliphatic carbocycles. The van der Waals surface area contributed by atoms with Crippen LogP contribution in [-0.4, -0.2) is 51.1 Å². The molecule has 0 saturated carbocycles. The van der Waals surface area contributed by atoms with Crippen molar-refractivity contribution in [3.63, 3.8) is 0 Å². The largest absolute Gasteiger partial charge is 0.482 e. The third kappa shape index (κ3) is 5.57. The maximum atomic E-state index is 12.8. The van der Waals surface area contributed by atoms with E-state index in [0.717, 1.165) is 5.56 Å². The molecular formula is C21H23NO6S. The molecule has 3 rings (SSSR count). The number of amides is 1. The van der Waals surface area contributed by atoms with Crippen LogP contribution >= 0.6 is 0 Å². The van der Waals surface area contributed by atoms with E-state index in [0.29, 0.717) is 17.9 Å². The van der Waals surface area contributed by atoms with Gasteiger partial charge in [-0.05, 0) is 37.1 Å². The highest BCUT2D eigenvalue weighted by molar-refractivity contribution is 7.91. The number of rotatable bonds is 7. The monoisotopic (exact) mass is 417 g/mol. The Morgan fingerprint density at radius 2 is 1.72 bits per heavy atom. The van der Waals surface area contributed by atoms with Gasteiger partial charge in [-0.3, -0.25) is 4.79 Å². The predicted molar refractivity (Wildman–Crippen MR) is 109 cm³/mol. The van der Waals surface area contributed by atoms with Crippen molar-refractivity contribution in [3.05, 3.63) is 60.2 Å². The standard InChI is InChI=1S/C21H23NO6S/c1-16-7-5-6-10-19(16)27-14-21(24)28-13-20(23)22(17-8-3-2-4-9-17)18-11-12-29(25,26)15-18/h2-10,18H,11-15H2,1H3/t18-/m0/s1. The molecule has 7 nitrogen and oxygen atoms in total. The molecule has 154 valence electrons. The first kappa shape index (κ1) is 20.9. The Balaban J connectivity index is 1.61. The Kier molecular flexibility index (Phi) is 6.53. The van der Waals surface area contributed by atoms with E-state index in [2.05, 4.69) is 0 Å². The molecule has 0 radical (unpaired) electrons. The summed E-state index contributed by atoms with van der Waals surface area (Å²) in [4.78, 5) is 26.2. The third-order valence-corrected chi connectivity index (χ3v) is 6.42. The second-order valence-corrected chi connectivity index (χ2v) is 9.10. The summed E-state index contributed by atoms with van der Waals surface area (Å²) >= 11 is 0. The van der Waals surface area contributed by atoms with Gasteiger partial charge in [-0.2, -0.15) is 0 Å². The molecule has 29 heavy (non-hydrogen) atoms. The first-order valence-corrected chi connectivity index (χ1v) is 11.1. The van der Waals surface area contributed by atoms with Crippen LogP contribution in [0.4, 0.5) is 5.69 Å². The zero-order valence-electron chi connectivity index (χ0n) is 16.1. The highest BCUT2D eigenvalue weighted by Gasteiger charge is 2.35. The summed E-state index contributed by atoms with van der Waals surface area (Å²) in [6.45, 7) is 1.06. The number of carbonyl (C=O) groups is 2. The number of para-hydroxylation sites is 2. The van der Waals surface area contributed by atoms with Crippen LogP contribution in [0.5, 0.6) is 5.75 Å². The minimum absolute atomic E-state index is 0.0400. The summed E-state index contributed by atoms with van der Waals surface area (Å²) in [6.07, 6.45) is 0.354. The number of hydrogen-bond acceptors (Lipinski definition) is 6. The molecule has 2 aromatic rings. The summed E-state index contributed by atoms with van der Waals surface area (Å²) in [5.74, 6) is -0.634. The lowest BCUT2D eigenvalue weighted by Gasteiger charge is -2.28. The quantitative estimate of drug-likeness (QED) is 0.641. The molecule has 1 fully saturated rings. The summed E-state index contributed by atoms with van der Waals surface area (Å²) in [7, 11) is -3.18. The fraction of sp³-hybridized carbons (Fsp3) is 0.333. The van der Waals surface area contributed by atoms with E-state index >= 15 is 0 Å². The number of benzene rings is 2. The zero-order valence-corrected chi connectivity index (χ0v) is 16.9. The van der Waals surface area contributed by atoms with Crippen molar-refractivity contribution in [1.82, 2.24) is 0 Å². The van der Waals surface area contributed by atoms with Crippen LogP contribution in [-0.2, 0) is 24.2 Å². The van der Waals surface area contributed by atoms with E-state index in [1.54, 1.807) is 42.5 Å². The van der Waals surface area contributed by atoms with Crippen LogP contribution in [0.3, 0.4) is 0 Å². The molecule has 0 aromatic heterocycles. The number of aryl methyl sites for hydroxylation is 1. The molecule has 1 aliphatic heterocycles. The lowest BCUT2D eigenvalue weighted by Crippen LogP contribution is -2.43. The third-order valence-electron chi connectivity index (χ3n) is 4.67. The summed E-state index contributed by atoms with van der Waals surface area (Å²) in [5.41, 5.74) is 1.46. The summed E-state index contributed by atoms with van der Waals surface area (Å²) in [5, 5.41) is 0. The number of nitrogens with zero attached hydrogens (tertiary/aromatic N) is 1. The average Bonchev–Trinajstić information content (AvgIpc) is 3.06. The summed E-state index contributed by atoms with van der Waals surface area (Å²) in [6, 6.07) is 15.6. The lowest BCUT2D eigenvalue weighted by molar-refractivity contribution is -0.149. The molecule has 1 atom stereocenters. The van der Waals surface area contributed by atoms with Gasteiger partial charge in [0.15, 0.2) is 23.1 Å². The van der Waals surface area contributed by atoms with E-state index < -0.39 is 34.4 Å². The van der Waals surface area contributed by atoms with Crippen LogP contribution < -0.4 is 9.64 Å². The maximum Gasteiger partial charge on any atom is 0.344 e. The van der Waals surface area contributed by atoms with Crippen LogP contribution in [0.15, 0.2) is 54.6 Å². The van der Waals surface area contributed by atoms with Gasteiger partial charge in [0.1, 0.15) is 5.75 Å². The fourth-order valence-corrected chi connectivity index (χ4v) is 4.93. The molecule has 0 N–H and O–H groups in total. The van der Waals surface area contributed by atoms with Gasteiger partial charge < -0.3 is 14.4 Å². The zero-order chi connectivity index (χ0) is 20.9. The van der Waals surface area contributed by atoms with Gasteiger partial charge in [-0.1, -0.05) is 36.4 Å². The van der Waals surface area contributed by atoms with Gasteiger partial charge in [-0.25, -0.2) is 13.2 Å². The van der Waals surface area contributed by atoms with Gasteiger partial charge in [0.25, 0.3) is 5.91 Å². The van der Waals surface area contributed by atoms with Gasteiger partial charge >= 0.3 is 5.97 Å². The van der Waals surface area contributed by atoms with Gasteiger partial charge in [-0.15, -0.1) is 0 Å². The van der Waals surface area contributed by atoms with Crippen LogP contribution in [0.1, 0.15) is 12.0 Å². The highest BCUT2D eigenvalue weighted by atomic mass is 32.2. The first-order chi connectivity index (χ1) is 13.9. The molecule has 0 spiro atoms. The minimum Gasteiger partial charge on any atom is -0.482 e. The Morgan fingerprint density at radius 3 is 2.38 bits per heavy atom. The number of ether oxygens (including phenoxy) is 2. The Hall–Kier alpha value is -2.87. The number of esters is 1. The van der Waals surface area contributed by atoms with E-state index in [1.807, 2.05) is 19.1 Å². The van der Waals surface area contributed by atoms with Crippen molar-refractivity contribution >= 4 is 27.4 Å². The number of anilines is 1. The normalized spacial score (nSPS) is 17.5. The van der Waals surface area contributed by atoms with Gasteiger partial charge in [0, 0.05) is 5.69 Å². The molecule has 2 aromatic carbocycles. The molecule has 1 saturated heterocycles. The van der Waals surface area contributed by atoms with E-state index in [-0.39, 0.29) is 18.1 Å². The van der Waals surface area contributed by atoms with Crippen molar-refractivity contribution in [3.8, 4) is 5.75 Å². The number of sulfone groups is 1. The van der Waals surface area contributed by atoms with Crippen molar-refractivity contribution in [2.45, 2.75) is 19.4 Å². The molecular weight excluding hydrogens is 394 g/mol. The Bertz CT molecular complexity index is 974. The molecule has 1 amide bonds. The van der Waals surface area contributed by atoms with Gasteiger partial charge in [0.2, 0.25) is 0 Å².